The molecule has 3 aliphatic heterocycles. The number of nitrogens with one attached hydrogen (secondary N) is 1. The number of thiocarbonyl (C=S) groups is 1. The molecule has 136 valence electrons. The molecule has 2 saturated heterocycles. The van der Waals surface area contributed by atoms with E-state index in [1.54, 1.807) is 0 Å². The van der Waals surface area contributed by atoms with Crippen molar-refractivity contribution < 1.29 is 17.9 Å². The first-order valence-corrected chi connectivity index (χ1v) is 11.3. The van der Waals surface area contributed by atoms with Crippen LogP contribution in [0, 0.1) is 0 Å². The molecule has 0 aliphatic carbocycles. The number of fused-ring (bicyclic) bond motifs is 2. The number of ether oxygens (including phenoxy) is 2. The molecule has 1 aromatic carbocycles. The molecule has 7 nitrogen and oxygen atoms in total. The zero-order valence-corrected chi connectivity index (χ0v) is 16.0. The molecule has 0 saturated carbocycles. The summed E-state index contributed by atoms with van der Waals surface area (Å²) in [6.45, 7) is 1.09. The Labute approximate surface area is 159 Å². The van der Waals surface area contributed by atoms with Crippen LogP contribution in [-0.2, 0) is 9.84 Å². The Morgan fingerprint density at radius 2 is 2.04 bits per heavy atom. The van der Waals surface area contributed by atoms with E-state index in [0.29, 0.717) is 29.2 Å². The summed E-state index contributed by atoms with van der Waals surface area (Å²) >= 11 is 6.86. The lowest BCUT2D eigenvalue weighted by atomic mass is 10.1. The standard InChI is InChI=1S/C16H15N3O4S3/c20-26(21)7-11-12(8-26)19(15(24)17-11)16-18-10(6-25-16)9-1-2-13-14(5-9)23-4-3-22-13/h1-2,5-6,11-12H,3-4,7-8H2,(H,17,24)/t11-,12+/m1/s1. The van der Waals surface area contributed by atoms with Crippen LogP contribution in [0.2, 0.25) is 0 Å². The van der Waals surface area contributed by atoms with Crippen LogP contribution in [0.5, 0.6) is 11.5 Å². The highest BCUT2D eigenvalue weighted by Crippen LogP contribution is 2.37. The molecule has 26 heavy (non-hydrogen) atoms. The fourth-order valence-corrected chi connectivity index (χ4v) is 6.76. The average Bonchev–Trinajstić information content (AvgIpc) is 3.26. The van der Waals surface area contributed by atoms with Crippen LogP contribution in [-0.4, -0.2) is 55.3 Å². The Morgan fingerprint density at radius 3 is 2.88 bits per heavy atom. The normalized spacial score (nSPS) is 25.8. The quantitative estimate of drug-likeness (QED) is 0.747. The first-order valence-electron chi connectivity index (χ1n) is 8.16. The molecule has 0 spiro atoms. The maximum absolute atomic E-state index is 11.9. The third-order valence-corrected chi connectivity index (χ3v) is 7.59. The molecular formula is C16H15N3O4S3. The van der Waals surface area contributed by atoms with E-state index < -0.39 is 9.84 Å². The zero-order valence-electron chi connectivity index (χ0n) is 13.5. The van der Waals surface area contributed by atoms with Crippen molar-refractivity contribution in [2.24, 2.45) is 0 Å². The van der Waals surface area contributed by atoms with Gasteiger partial charge in [0.15, 0.2) is 31.6 Å². The van der Waals surface area contributed by atoms with E-state index in [0.717, 1.165) is 17.0 Å². The number of nitrogens with zero attached hydrogens (tertiary/aromatic N) is 2. The number of sulfone groups is 1. The maximum atomic E-state index is 11.9. The first kappa shape index (κ1) is 16.3. The van der Waals surface area contributed by atoms with Crippen molar-refractivity contribution in [3.8, 4) is 22.8 Å². The van der Waals surface area contributed by atoms with Gasteiger partial charge in [-0.15, -0.1) is 11.3 Å². The third kappa shape index (κ3) is 2.63. The molecule has 5 rings (SSSR count). The van der Waals surface area contributed by atoms with Gasteiger partial charge in [0.05, 0.1) is 29.3 Å². The number of anilines is 1. The molecule has 0 bridgehead atoms. The summed E-state index contributed by atoms with van der Waals surface area (Å²) in [7, 11) is -3.04. The number of thiazole rings is 1. The highest BCUT2D eigenvalue weighted by molar-refractivity contribution is 7.91. The number of hydrogen-bond donors (Lipinski definition) is 1. The van der Waals surface area contributed by atoms with Crippen LogP contribution in [0.15, 0.2) is 23.6 Å². The van der Waals surface area contributed by atoms with Gasteiger partial charge in [0, 0.05) is 10.9 Å². The lowest BCUT2D eigenvalue weighted by Gasteiger charge is -2.20. The summed E-state index contributed by atoms with van der Waals surface area (Å²) in [4.78, 5) is 6.54. The van der Waals surface area contributed by atoms with Crippen LogP contribution in [0.3, 0.4) is 0 Å². The molecule has 3 aliphatic rings. The van der Waals surface area contributed by atoms with Gasteiger partial charge in [0.25, 0.3) is 0 Å². The second-order valence-electron chi connectivity index (χ2n) is 6.44. The van der Waals surface area contributed by atoms with Crippen LogP contribution >= 0.6 is 23.6 Å². The predicted molar refractivity (Wildman–Crippen MR) is 103 cm³/mol. The summed E-state index contributed by atoms with van der Waals surface area (Å²) in [6, 6.07) is 5.39. The molecule has 2 fully saturated rings. The maximum Gasteiger partial charge on any atom is 0.192 e. The molecule has 1 N–H and O–H groups in total. The molecule has 0 amide bonds. The van der Waals surface area contributed by atoms with E-state index in [9.17, 15) is 8.42 Å². The second-order valence-corrected chi connectivity index (χ2v) is 9.82. The van der Waals surface area contributed by atoms with Crippen LogP contribution in [0.25, 0.3) is 11.3 Å². The van der Waals surface area contributed by atoms with Gasteiger partial charge in [-0.2, -0.15) is 0 Å². The summed E-state index contributed by atoms with van der Waals surface area (Å²) in [5.74, 6) is 1.67. The van der Waals surface area contributed by atoms with Crippen molar-refractivity contribution in [3.05, 3.63) is 23.6 Å². The highest BCUT2D eigenvalue weighted by Gasteiger charge is 2.48. The van der Waals surface area contributed by atoms with Crippen LogP contribution in [0.4, 0.5) is 5.13 Å². The highest BCUT2D eigenvalue weighted by atomic mass is 32.2. The van der Waals surface area contributed by atoms with E-state index in [1.807, 2.05) is 28.5 Å². The Kier molecular flexibility index (Phi) is 3.63. The van der Waals surface area contributed by atoms with Crippen molar-refractivity contribution in [3.63, 3.8) is 0 Å². The Bertz CT molecular complexity index is 1000. The van der Waals surface area contributed by atoms with E-state index in [1.165, 1.54) is 11.3 Å². The monoisotopic (exact) mass is 409 g/mol. The number of hydrogen-bond acceptors (Lipinski definition) is 7. The van der Waals surface area contributed by atoms with Crippen LogP contribution < -0.4 is 19.7 Å². The fraction of sp³-hybridized carbons (Fsp3) is 0.375. The van der Waals surface area contributed by atoms with Gasteiger partial charge in [0.2, 0.25) is 0 Å². The van der Waals surface area contributed by atoms with E-state index in [-0.39, 0.29) is 23.6 Å². The van der Waals surface area contributed by atoms with Crippen LogP contribution in [0.1, 0.15) is 0 Å². The van der Waals surface area contributed by atoms with E-state index >= 15 is 0 Å². The SMILES string of the molecule is O=S1(=O)C[C@H]2NC(=S)N(c3nc(-c4ccc5c(c4)OCCO5)cs3)[C@H]2C1. The average molecular weight is 410 g/mol. The number of benzene rings is 1. The predicted octanol–water partition coefficient (Wildman–Crippen LogP) is 1.44. The van der Waals surface area contributed by atoms with Crippen molar-refractivity contribution in [1.29, 1.82) is 0 Å². The summed E-state index contributed by atoms with van der Waals surface area (Å²) < 4.78 is 35.1. The van der Waals surface area contributed by atoms with Crippen molar-refractivity contribution in [2.75, 3.05) is 29.6 Å². The van der Waals surface area contributed by atoms with Gasteiger partial charge in [-0.05, 0) is 30.4 Å². The number of rotatable bonds is 2. The van der Waals surface area contributed by atoms with Gasteiger partial charge >= 0.3 is 0 Å². The minimum Gasteiger partial charge on any atom is -0.486 e. The summed E-state index contributed by atoms with van der Waals surface area (Å²) in [5.41, 5.74) is 1.72. The van der Waals surface area contributed by atoms with E-state index in [2.05, 4.69) is 5.32 Å². The van der Waals surface area contributed by atoms with Crippen molar-refractivity contribution in [2.45, 2.75) is 12.1 Å². The first-order chi connectivity index (χ1) is 12.5. The molecule has 2 atom stereocenters. The fourth-order valence-electron chi connectivity index (χ4n) is 3.54. The topological polar surface area (TPSA) is 80.8 Å². The van der Waals surface area contributed by atoms with Crippen molar-refractivity contribution >= 4 is 43.6 Å². The lowest BCUT2D eigenvalue weighted by molar-refractivity contribution is 0.171. The minimum absolute atomic E-state index is 0.101. The third-order valence-electron chi connectivity index (χ3n) is 4.72. The van der Waals surface area contributed by atoms with E-state index in [4.69, 9.17) is 26.7 Å². The molecular weight excluding hydrogens is 394 g/mol. The Balaban J connectivity index is 1.46. The molecule has 1 aromatic heterocycles. The zero-order chi connectivity index (χ0) is 17.9. The summed E-state index contributed by atoms with van der Waals surface area (Å²) in [5, 5.41) is 6.31. The van der Waals surface area contributed by atoms with Gasteiger partial charge in [-0.1, -0.05) is 0 Å². The van der Waals surface area contributed by atoms with Gasteiger partial charge in [0.1, 0.15) is 13.2 Å². The minimum atomic E-state index is -3.04. The number of aromatic nitrogens is 1. The molecule has 0 radical (unpaired) electrons. The largest absolute Gasteiger partial charge is 0.486 e. The molecule has 0 unspecified atom stereocenters. The van der Waals surface area contributed by atoms with Crippen molar-refractivity contribution in [1.82, 2.24) is 10.3 Å². The molecule has 4 heterocycles. The second kappa shape index (κ2) is 5.80. The van der Waals surface area contributed by atoms with Gasteiger partial charge < -0.3 is 14.8 Å². The Hall–Kier alpha value is -1.91. The lowest BCUT2D eigenvalue weighted by Crippen LogP contribution is -2.36. The Morgan fingerprint density at radius 1 is 1.23 bits per heavy atom. The summed E-state index contributed by atoms with van der Waals surface area (Å²) in [6.07, 6.45) is 0. The smallest absolute Gasteiger partial charge is 0.192 e. The van der Waals surface area contributed by atoms with Gasteiger partial charge in [-0.25, -0.2) is 13.4 Å². The molecule has 2 aromatic rings. The van der Waals surface area contributed by atoms with Gasteiger partial charge in [-0.3, -0.25) is 4.90 Å². The molecule has 10 heteroatoms.